The topological polar surface area (TPSA) is 75.3 Å². The van der Waals surface area contributed by atoms with Crippen molar-refractivity contribution in [2.45, 2.75) is 33.1 Å². The van der Waals surface area contributed by atoms with Crippen molar-refractivity contribution in [3.05, 3.63) is 29.0 Å². The van der Waals surface area contributed by atoms with Crippen molar-refractivity contribution in [1.82, 2.24) is 19.8 Å². The van der Waals surface area contributed by atoms with Gasteiger partial charge in [0.25, 0.3) is 0 Å². The van der Waals surface area contributed by atoms with Crippen molar-refractivity contribution in [2.24, 2.45) is 5.41 Å². The number of hydrogen-bond donors (Lipinski definition) is 2. The van der Waals surface area contributed by atoms with Crippen LogP contribution in [0.1, 0.15) is 33.1 Å². The molecule has 3 rings (SSSR count). The van der Waals surface area contributed by atoms with Gasteiger partial charge in [0, 0.05) is 24.1 Å². The van der Waals surface area contributed by atoms with Crippen LogP contribution in [0, 0.1) is 5.41 Å². The van der Waals surface area contributed by atoms with Crippen molar-refractivity contribution >= 4 is 22.8 Å². The van der Waals surface area contributed by atoms with Crippen LogP contribution < -0.4 is 5.32 Å². The summed E-state index contributed by atoms with van der Waals surface area (Å²) in [5.74, 6) is 1.55. The lowest BCUT2D eigenvalue weighted by atomic mass is 9.79. The van der Waals surface area contributed by atoms with Gasteiger partial charge in [-0.05, 0) is 48.3 Å². The van der Waals surface area contributed by atoms with Crippen molar-refractivity contribution in [3.8, 4) is 11.4 Å². The van der Waals surface area contributed by atoms with E-state index in [9.17, 15) is 5.11 Å². The number of thiophene rings is 1. The maximum atomic E-state index is 9.35. The van der Waals surface area contributed by atoms with Crippen molar-refractivity contribution in [2.75, 3.05) is 18.5 Å². The smallest absolute Gasteiger partial charge is 0.186 e. The molecule has 0 bridgehead atoms. The van der Waals surface area contributed by atoms with Crippen LogP contribution in [0.3, 0.4) is 0 Å². The number of aromatic nitrogens is 4. The fourth-order valence-corrected chi connectivity index (χ4v) is 3.55. The van der Waals surface area contributed by atoms with Crippen LogP contribution >= 0.6 is 11.3 Å². The van der Waals surface area contributed by atoms with E-state index in [0.29, 0.717) is 0 Å². The largest absolute Gasteiger partial charge is 0.396 e. The molecule has 3 aromatic heterocycles. The van der Waals surface area contributed by atoms with Gasteiger partial charge in [0.05, 0.1) is 0 Å². The number of fused-ring (bicyclic) bond motifs is 1. The molecule has 2 N–H and O–H groups in total. The first-order chi connectivity index (χ1) is 11.7. The monoisotopic (exact) mass is 345 g/mol. The van der Waals surface area contributed by atoms with E-state index < -0.39 is 0 Å². The lowest BCUT2D eigenvalue weighted by Gasteiger charge is -2.31. The number of nitrogens with zero attached hydrogens (tertiary/aromatic N) is 4. The van der Waals surface area contributed by atoms with E-state index in [1.165, 1.54) is 0 Å². The van der Waals surface area contributed by atoms with Gasteiger partial charge in [0.2, 0.25) is 0 Å². The van der Waals surface area contributed by atoms with Gasteiger partial charge in [0.15, 0.2) is 11.5 Å². The molecule has 0 radical (unpaired) electrons. The van der Waals surface area contributed by atoms with E-state index in [1.807, 2.05) is 29.0 Å². The highest BCUT2D eigenvalue weighted by Crippen LogP contribution is 2.30. The first-order valence-electron chi connectivity index (χ1n) is 8.31. The molecule has 0 saturated carbocycles. The maximum absolute atomic E-state index is 9.35. The third-order valence-corrected chi connectivity index (χ3v) is 5.51. The number of anilines is 1. The Morgan fingerprint density at radius 1 is 1.21 bits per heavy atom. The van der Waals surface area contributed by atoms with Gasteiger partial charge >= 0.3 is 0 Å². The van der Waals surface area contributed by atoms with Crippen LogP contribution in [0.25, 0.3) is 17.0 Å². The predicted molar refractivity (Wildman–Crippen MR) is 97.3 cm³/mol. The lowest BCUT2D eigenvalue weighted by Crippen LogP contribution is -2.30. The Kier molecular flexibility index (Phi) is 5.11. The molecule has 0 aromatic carbocycles. The predicted octanol–water partition coefficient (Wildman–Crippen LogP) is 3.45. The normalized spacial score (nSPS) is 12.0. The summed E-state index contributed by atoms with van der Waals surface area (Å²) in [6, 6.07) is 5.86. The highest BCUT2D eigenvalue weighted by atomic mass is 32.1. The van der Waals surface area contributed by atoms with Gasteiger partial charge in [-0.25, -0.2) is 0 Å². The Morgan fingerprint density at radius 2 is 2.04 bits per heavy atom. The molecular weight excluding hydrogens is 322 g/mol. The fourth-order valence-electron chi connectivity index (χ4n) is 2.91. The third kappa shape index (κ3) is 3.27. The van der Waals surface area contributed by atoms with E-state index in [1.54, 1.807) is 15.9 Å². The molecule has 3 aromatic rings. The number of nitrogens with one attached hydrogen (secondary N) is 1. The fraction of sp³-hybridized carbons (Fsp3) is 0.471. The summed E-state index contributed by atoms with van der Waals surface area (Å²) in [4.78, 5) is 0. The molecule has 0 aliphatic heterocycles. The number of rotatable bonds is 8. The molecule has 3 heterocycles. The molecule has 0 aliphatic carbocycles. The molecule has 0 fully saturated rings. The van der Waals surface area contributed by atoms with Crippen LogP contribution in [0.15, 0.2) is 29.0 Å². The molecule has 24 heavy (non-hydrogen) atoms. The van der Waals surface area contributed by atoms with Crippen LogP contribution in [0.2, 0.25) is 0 Å². The highest BCUT2D eigenvalue weighted by Gasteiger charge is 2.25. The Morgan fingerprint density at radius 3 is 2.71 bits per heavy atom. The molecule has 0 saturated heterocycles. The first-order valence-corrected chi connectivity index (χ1v) is 9.25. The Balaban J connectivity index is 1.84. The summed E-state index contributed by atoms with van der Waals surface area (Å²) < 4.78 is 1.77. The molecule has 0 atom stereocenters. The van der Waals surface area contributed by atoms with Crippen molar-refractivity contribution in [3.63, 3.8) is 0 Å². The van der Waals surface area contributed by atoms with Crippen LogP contribution in [-0.4, -0.2) is 38.1 Å². The summed E-state index contributed by atoms with van der Waals surface area (Å²) in [5, 5.41) is 29.9. The Hall–Kier alpha value is -1.99. The minimum atomic E-state index is 0.0920. The summed E-state index contributed by atoms with van der Waals surface area (Å²) in [7, 11) is 0. The second-order valence-electron chi connectivity index (χ2n) is 6.06. The van der Waals surface area contributed by atoms with Crippen molar-refractivity contribution < 1.29 is 5.11 Å². The molecule has 0 spiro atoms. The number of aliphatic hydroxyl groups is 1. The SMILES string of the molecule is CCC(CC)(CCO)CNc1ccc2nnc(-c3ccsc3)n2n1. The molecule has 0 aliphatic rings. The highest BCUT2D eigenvalue weighted by molar-refractivity contribution is 7.08. The summed E-state index contributed by atoms with van der Waals surface area (Å²) in [6.07, 6.45) is 2.83. The van der Waals surface area contributed by atoms with Gasteiger partial charge in [-0.2, -0.15) is 15.9 Å². The zero-order valence-corrected chi connectivity index (χ0v) is 14.9. The molecular formula is C17H23N5OS. The molecule has 6 nitrogen and oxygen atoms in total. The zero-order chi connectivity index (χ0) is 17.0. The average Bonchev–Trinajstić information content (AvgIpc) is 3.27. The van der Waals surface area contributed by atoms with Crippen molar-refractivity contribution in [1.29, 1.82) is 0 Å². The molecule has 0 amide bonds. The van der Waals surface area contributed by atoms with Crippen LogP contribution in [-0.2, 0) is 0 Å². The van der Waals surface area contributed by atoms with E-state index in [2.05, 4.69) is 34.5 Å². The van der Waals surface area contributed by atoms with Gasteiger partial charge in [-0.15, -0.1) is 15.3 Å². The summed E-state index contributed by atoms with van der Waals surface area (Å²) >= 11 is 1.63. The molecule has 7 heteroatoms. The average molecular weight is 345 g/mol. The minimum Gasteiger partial charge on any atom is -0.396 e. The van der Waals surface area contributed by atoms with E-state index in [0.717, 1.165) is 48.7 Å². The van der Waals surface area contributed by atoms with Crippen LogP contribution in [0.5, 0.6) is 0 Å². The Bertz CT molecular complexity index is 779. The van der Waals surface area contributed by atoms with E-state index >= 15 is 0 Å². The Labute approximate surface area is 145 Å². The van der Waals surface area contributed by atoms with Gasteiger partial charge in [-0.1, -0.05) is 13.8 Å². The first kappa shape index (κ1) is 16.9. The standard InChI is InChI=1S/C17H23N5OS/c1-3-17(4-2,8-9-23)12-18-14-5-6-15-19-20-16(22(15)21-14)13-7-10-24-11-13/h5-7,10-11,23H,3-4,8-9,12H2,1-2H3,(H,18,21). The minimum absolute atomic E-state index is 0.0920. The zero-order valence-electron chi connectivity index (χ0n) is 14.1. The molecule has 128 valence electrons. The second kappa shape index (κ2) is 7.27. The number of hydrogen-bond acceptors (Lipinski definition) is 6. The second-order valence-corrected chi connectivity index (χ2v) is 6.84. The molecule has 0 unspecified atom stereocenters. The van der Waals surface area contributed by atoms with Gasteiger partial charge in [0.1, 0.15) is 5.82 Å². The summed E-state index contributed by atoms with van der Waals surface area (Å²) in [5.41, 5.74) is 1.85. The van der Waals surface area contributed by atoms with E-state index in [4.69, 9.17) is 0 Å². The summed E-state index contributed by atoms with van der Waals surface area (Å²) in [6.45, 7) is 5.34. The van der Waals surface area contributed by atoms with Gasteiger partial charge in [-0.3, -0.25) is 0 Å². The van der Waals surface area contributed by atoms with Gasteiger partial charge < -0.3 is 10.4 Å². The lowest BCUT2D eigenvalue weighted by molar-refractivity contribution is 0.179. The van der Waals surface area contributed by atoms with Crippen LogP contribution in [0.4, 0.5) is 5.82 Å². The third-order valence-electron chi connectivity index (χ3n) is 4.83. The quantitative estimate of drug-likeness (QED) is 0.654. The number of aliphatic hydroxyl groups excluding tert-OH is 1. The maximum Gasteiger partial charge on any atom is 0.186 e. The van der Waals surface area contributed by atoms with E-state index in [-0.39, 0.29) is 12.0 Å².